The predicted octanol–water partition coefficient (Wildman–Crippen LogP) is 1.96. The Bertz CT molecular complexity index is 356. The van der Waals surface area contributed by atoms with Gasteiger partial charge in [-0.05, 0) is 44.0 Å². The Morgan fingerprint density at radius 2 is 2.06 bits per heavy atom. The topological polar surface area (TPSA) is 49.3 Å². The normalized spacial score (nSPS) is 14.5. The first-order valence-corrected chi connectivity index (χ1v) is 6.91. The second-order valence-electron chi connectivity index (χ2n) is 4.06. The Morgan fingerprint density at radius 3 is 2.65 bits per heavy atom. The summed E-state index contributed by atoms with van der Waals surface area (Å²) in [5, 5.41) is 3.26. The van der Waals surface area contributed by atoms with Crippen molar-refractivity contribution in [3.63, 3.8) is 0 Å². The van der Waals surface area contributed by atoms with Crippen molar-refractivity contribution in [2.24, 2.45) is 0 Å². The van der Waals surface area contributed by atoms with Gasteiger partial charge in [-0.3, -0.25) is 0 Å². The summed E-state index contributed by atoms with van der Waals surface area (Å²) < 4.78 is 31.7. The van der Waals surface area contributed by atoms with E-state index in [1.165, 1.54) is 12.1 Å². The monoisotopic (exact) mass is 259 g/mol. The quantitative estimate of drug-likeness (QED) is 0.581. The molecule has 0 saturated heterocycles. The van der Waals surface area contributed by atoms with Crippen molar-refractivity contribution in [3.8, 4) is 0 Å². The summed E-state index contributed by atoms with van der Waals surface area (Å²) in [6.45, 7) is 2.76. The number of hydrogen-bond donors (Lipinski definition) is 2. The lowest BCUT2D eigenvalue weighted by Gasteiger charge is -2.13. The number of hydrogen-bond acceptors (Lipinski definition) is 2. The maximum atomic E-state index is 12.7. The van der Waals surface area contributed by atoms with E-state index in [4.69, 9.17) is 4.55 Å². The van der Waals surface area contributed by atoms with Gasteiger partial charge >= 0.3 is 0 Å². The maximum absolute atomic E-state index is 12.7. The van der Waals surface area contributed by atoms with Crippen LogP contribution in [-0.2, 0) is 17.5 Å². The Balaban J connectivity index is 2.22. The SMILES string of the molecule is CC(Cc1ccc(F)cc1)NCCCS(=O)O. The second kappa shape index (κ2) is 7.53. The van der Waals surface area contributed by atoms with E-state index in [9.17, 15) is 8.60 Å². The maximum Gasteiger partial charge on any atom is 0.152 e. The second-order valence-corrected chi connectivity index (χ2v) is 5.12. The molecule has 17 heavy (non-hydrogen) atoms. The van der Waals surface area contributed by atoms with Crippen LogP contribution in [0.1, 0.15) is 18.9 Å². The molecule has 1 aromatic rings. The molecule has 0 aliphatic carbocycles. The molecule has 0 saturated carbocycles. The first kappa shape index (κ1) is 14.3. The molecule has 0 heterocycles. The molecule has 1 aromatic carbocycles. The minimum atomic E-state index is -1.70. The highest BCUT2D eigenvalue weighted by Crippen LogP contribution is 2.05. The molecule has 0 fully saturated rings. The molecule has 0 amide bonds. The average Bonchev–Trinajstić information content (AvgIpc) is 2.27. The van der Waals surface area contributed by atoms with Gasteiger partial charge in [-0.1, -0.05) is 12.1 Å². The molecular weight excluding hydrogens is 241 g/mol. The van der Waals surface area contributed by atoms with E-state index in [0.717, 1.165) is 12.0 Å². The first-order chi connectivity index (χ1) is 8.08. The summed E-state index contributed by atoms with van der Waals surface area (Å²) in [5.41, 5.74) is 1.08. The van der Waals surface area contributed by atoms with Crippen LogP contribution < -0.4 is 5.32 Å². The Labute approximate surface area is 104 Å². The van der Waals surface area contributed by atoms with Crippen LogP contribution in [0.3, 0.4) is 0 Å². The lowest BCUT2D eigenvalue weighted by molar-refractivity contribution is 0.531. The molecule has 0 aromatic heterocycles. The number of benzene rings is 1. The van der Waals surface area contributed by atoms with Crippen LogP contribution in [0.25, 0.3) is 0 Å². The van der Waals surface area contributed by atoms with E-state index in [1.807, 2.05) is 6.92 Å². The molecule has 96 valence electrons. The minimum Gasteiger partial charge on any atom is -0.314 e. The molecule has 2 unspecified atom stereocenters. The van der Waals surface area contributed by atoms with Crippen molar-refractivity contribution in [1.29, 1.82) is 0 Å². The van der Waals surface area contributed by atoms with E-state index < -0.39 is 11.1 Å². The molecule has 1 rings (SSSR count). The Hall–Kier alpha value is -0.780. The molecular formula is C12H18FNO2S. The molecule has 0 aliphatic heterocycles. The Kier molecular flexibility index (Phi) is 6.32. The van der Waals surface area contributed by atoms with Crippen molar-refractivity contribution in [2.75, 3.05) is 12.3 Å². The fourth-order valence-corrected chi connectivity index (χ4v) is 1.98. The molecule has 0 spiro atoms. The summed E-state index contributed by atoms with van der Waals surface area (Å²) >= 11 is -1.70. The van der Waals surface area contributed by atoms with Crippen molar-refractivity contribution in [3.05, 3.63) is 35.6 Å². The number of halogens is 1. The fraction of sp³-hybridized carbons (Fsp3) is 0.500. The highest BCUT2D eigenvalue weighted by Gasteiger charge is 2.03. The van der Waals surface area contributed by atoms with Crippen molar-refractivity contribution >= 4 is 11.1 Å². The molecule has 2 N–H and O–H groups in total. The predicted molar refractivity (Wildman–Crippen MR) is 67.8 cm³/mol. The summed E-state index contributed by atoms with van der Waals surface area (Å²) in [6, 6.07) is 6.73. The largest absolute Gasteiger partial charge is 0.314 e. The van der Waals surface area contributed by atoms with Gasteiger partial charge in [0.05, 0.1) is 5.75 Å². The van der Waals surface area contributed by atoms with Crippen LogP contribution in [0.15, 0.2) is 24.3 Å². The molecule has 0 bridgehead atoms. The summed E-state index contributed by atoms with van der Waals surface area (Å²) in [6.07, 6.45) is 1.50. The van der Waals surface area contributed by atoms with E-state index in [-0.39, 0.29) is 11.9 Å². The highest BCUT2D eigenvalue weighted by atomic mass is 32.2. The van der Waals surface area contributed by atoms with Gasteiger partial charge in [0, 0.05) is 6.04 Å². The minimum absolute atomic E-state index is 0.222. The smallest absolute Gasteiger partial charge is 0.152 e. The first-order valence-electron chi connectivity index (χ1n) is 5.63. The zero-order valence-corrected chi connectivity index (χ0v) is 10.7. The van der Waals surface area contributed by atoms with Crippen molar-refractivity contribution in [2.45, 2.75) is 25.8 Å². The zero-order chi connectivity index (χ0) is 12.7. The molecule has 0 radical (unpaired) electrons. The molecule has 5 heteroatoms. The van der Waals surface area contributed by atoms with Gasteiger partial charge in [0.2, 0.25) is 0 Å². The van der Waals surface area contributed by atoms with Gasteiger partial charge in [0.25, 0.3) is 0 Å². The standard InChI is InChI=1S/C12H18FNO2S/c1-10(14-7-2-8-17(15)16)9-11-3-5-12(13)6-4-11/h3-6,10,14H,2,7-9H2,1H3,(H,15,16). The van der Waals surface area contributed by atoms with E-state index in [1.54, 1.807) is 12.1 Å². The Morgan fingerprint density at radius 1 is 1.41 bits per heavy atom. The van der Waals surface area contributed by atoms with Crippen LogP contribution >= 0.6 is 0 Å². The van der Waals surface area contributed by atoms with Crippen LogP contribution in [0, 0.1) is 5.82 Å². The summed E-state index contributed by atoms with van der Waals surface area (Å²) in [5.74, 6) is 0.0794. The summed E-state index contributed by atoms with van der Waals surface area (Å²) in [4.78, 5) is 0. The van der Waals surface area contributed by atoms with Crippen molar-refractivity contribution in [1.82, 2.24) is 5.32 Å². The third-order valence-corrected chi connectivity index (χ3v) is 3.08. The molecule has 3 nitrogen and oxygen atoms in total. The van der Waals surface area contributed by atoms with Gasteiger partial charge in [-0.2, -0.15) is 0 Å². The van der Waals surface area contributed by atoms with Gasteiger partial charge in [-0.25, -0.2) is 8.60 Å². The third kappa shape index (κ3) is 6.51. The number of rotatable bonds is 7. The van der Waals surface area contributed by atoms with E-state index in [0.29, 0.717) is 18.7 Å². The number of nitrogens with one attached hydrogen (secondary N) is 1. The van der Waals surface area contributed by atoms with Gasteiger partial charge in [-0.15, -0.1) is 0 Å². The fourth-order valence-electron chi connectivity index (χ4n) is 1.59. The zero-order valence-electron chi connectivity index (χ0n) is 9.86. The van der Waals surface area contributed by atoms with Gasteiger partial charge in [0.15, 0.2) is 11.1 Å². The molecule has 2 atom stereocenters. The molecule has 0 aliphatic rings. The van der Waals surface area contributed by atoms with Crippen LogP contribution in [0.4, 0.5) is 4.39 Å². The summed E-state index contributed by atoms with van der Waals surface area (Å²) in [7, 11) is 0. The van der Waals surface area contributed by atoms with Crippen LogP contribution in [0.2, 0.25) is 0 Å². The third-order valence-electron chi connectivity index (χ3n) is 2.44. The van der Waals surface area contributed by atoms with E-state index >= 15 is 0 Å². The lowest BCUT2D eigenvalue weighted by atomic mass is 10.1. The van der Waals surface area contributed by atoms with Crippen LogP contribution in [0.5, 0.6) is 0 Å². The van der Waals surface area contributed by atoms with Gasteiger partial charge < -0.3 is 9.87 Å². The van der Waals surface area contributed by atoms with Crippen molar-refractivity contribution < 1.29 is 13.2 Å². The van der Waals surface area contributed by atoms with E-state index in [2.05, 4.69) is 5.32 Å². The highest BCUT2D eigenvalue weighted by molar-refractivity contribution is 7.79. The van der Waals surface area contributed by atoms with Gasteiger partial charge in [0.1, 0.15) is 5.82 Å². The van der Waals surface area contributed by atoms with Crippen LogP contribution in [-0.4, -0.2) is 27.1 Å². The average molecular weight is 259 g/mol. The lowest BCUT2D eigenvalue weighted by Crippen LogP contribution is -2.29.